The molecule has 0 aliphatic carbocycles. The van der Waals surface area contributed by atoms with Crippen molar-refractivity contribution in [3.8, 4) is 11.4 Å². The number of anilines is 1. The fraction of sp³-hybridized carbons (Fsp3) is 0.0870. The summed E-state index contributed by atoms with van der Waals surface area (Å²) < 4.78 is 2.65. The summed E-state index contributed by atoms with van der Waals surface area (Å²) in [5.74, 6) is -1.27. The zero-order valence-corrected chi connectivity index (χ0v) is 18.3. The number of amides is 4. The van der Waals surface area contributed by atoms with Crippen LogP contribution in [0.5, 0.6) is 5.75 Å². The minimum Gasteiger partial charge on any atom is -0.508 e. The number of urea groups is 1. The summed E-state index contributed by atoms with van der Waals surface area (Å²) in [6.45, 7) is 3.77. The fourth-order valence-electron chi connectivity index (χ4n) is 3.60. The van der Waals surface area contributed by atoms with Crippen LogP contribution in [-0.2, 0) is 9.59 Å². The van der Waals surface area contributed by atoms with Gasteiger partial charge in [0.1, 0.15) is 11.3 Å². The van der Waals surface area contributed by atoms with Gasteiger partial charge in [0.05, 0.1) is 5.69 Å². The van der Waals surface area contributed by atoms with Crippen molar-refractivity contribution in [1.29, 1.82) is 0 Å². The third-order valence-corrected chi connectivity index (χ3v) is 5.54. The average Bonchev–Trinajstić information content (AvgIpc) is 2.99. The van der Waals surface area contributed by atoms with E-state index in [-0.39, 0.29) is 11.3 Å². The molecule has 8 heteroatoms. The van der Waals surface area contributed by atoms with Crippen LogP contribution in [0.15, 0.2) is 64.6 Å². The van der Waals surface area contributed by atoms with E-state index < -0.39 is 17.8 Å². The fourth-order valence-corrected chi connectivity index (χ4v) is 3.98. The zero-order chi connectivity index (χ0) is 22.3. The highest BCUT2D eigenvalue weighted by Gasteiger charge is 2.37. The van der Waals surface area contributed by atoms with Crippen molar-refractivity contribution < 1.29 is 19.5 Å². The van der Waals surface area contributed by atoms with Crippen molar-refractivity contribution >= 4 is 45.5 Å². The van der Waals surface area contributed by atoms with E-state index in [1.807, 2.05) is 24.5 Å². The SMILES string of the molecule is Cc1cc(/C=C2\C(=O)NC(=O)N(c3cccc(Br)c3)C2=O)c(C)n1-c1ccc(O)cc1. The highest BCUT2D eigenvalue weighted by atomic mass is 79.9. The molecule has 7 nitrogen and oxygen atoms in total. The van der Waals surface area contributed by atoms with Gasteiger partial charge in [-0.25, -0.2) is 9.69 Å². The number of phenols is 1. The minimum absolute atomic E-state index is 0.134. The average molecular weight is 480 g/mol. The van der Waals surface area contributed by atoms with Crippen molar-refractivity contribution in [2.45, 2.75) is 13.8 Å². The Hall–Kier alpha value is -3.65. The number of phenolic OH excluding ortho intramolecular Hbond substituents is 1. The van der Waals surface area contributed by atoms with E-state index in [4.69, 9.17) is 0 Å². The Balaban J connectivity index is 1.76. The molecule has 4 rings (SSSR count). The van der Waals surface area contributed by atoms with Crippen molar-refractivity contribution in [3.63, 3.8) is 0 Å². The Kier molecular flexibility index (Phi) is 5.24. The van der Waals surface area contributed by atoms with Crippen LogP contribution >= 0.6 is 15.9 Å². The van der Waals surface area contributed by atoms with Crippen LogP contribution in [0, 0.1) is 13.8 Å². The molecule has 4 amide bonds. The van der Waals surface area contributed by atoms with Gasteiger partial charge in [-0.15, -0.1) is 0 Å². The van der Waals surface area contributed by atoms with Gasteiger partial charge in [-0.2, -0.15) is 0 Å². The predicted octanol–water partition coefficient (Wildman–Crippen LogP) is 4.23. The highest BCUT2D eigenvalue weighted by Crippen LogP contribution is 2.27. The number of nitrogens with one attached hydrogen (secondary N) is 1. The third-order valence-electron chi connectivity index (χ3n) is 5.05. The molecule has 2 aromatic carbocycles. The molecule has 1 fully saturated rings. The topological polar surface area (TPSA) is 91.6 Å². The summed E-state index contributed by atoms with van der Waals surface area (Å²) in [5, 5.41) is 11.8. The molecule has 156 valence electrons. The summed E-state index contributed by atoms with van der Waals surface area (Å²) in [6.07, 6.45) is 1.49. The number of halogens is 1. The van der Waals surface area contributed by atoms with Crippen LogP contribution in [-0.4, -0.2) is 27.5 Å². The first kappa shape index (κ1) is 20.6. The van der Waals surface area contributed by atoms with Gasteiger partial charge in [-0.3, -0.25) is 14.9 Å². The number of carbonyl (C=O) groups is 3. The molecule has 1 aromatic heterocycles. The molecule has 0 atom stereocenters. The van der Waals surface area contributed by atoms with Gasteiger partial charge < -0.3 is 9.67 Å². The monoisotopic (exact) mass is 479 g/mol. The number of benzene rings is 2. The van der Waals surface area contributed by atoms with E-state index in [2.05, 4.69) is 21.2 Å². The minimum atomic E-state index is -0.792. The lowest BCUT2D eigenvalue weighted by molar-refractivity contribution is -0.122. The lowest BCUT2D eigenvalue weighted by atomic mass is 10.1. The van der Waals surface area contributed by atoms with Crippen molar-refractivity contribution in [3.05, 3.63) is 81.6 Å². The van der Waals surface area contributed by atoms with Gasteiger partial charge >= 0.3 is 6.03 Å². The van der Waals surface area contributed by atoms with Gasteiger partial charge in [0.2, 0.25) is 0 Å². The molecule has 2 N–H and O–H groups in total. The maximum atomic E-state index is 13.1. The number of hydrogen-bond acceptors (Lipinski definition) is 4. The largest absolute Gasteiger partial charge is 0.508 e. The van der Waals surface area contributed by atoms with Crippen LogP contribution in [0.1, 0.15) is 17.0 Å². The molecule has 0 radical (unpaired) electrons. The van der Waals surface area contributed by atoms with Crippen molar-refractivity contribution in [2.24, 2.45) is 0 Å². The zero-order valence-electron chi connectivity index (χ0n) is 16.7. The number of imide groups is 2. The molecule has 0 saturated carbocycles. The Morgan fingerprint density at radius 3 is 2.35 bits per heavy atom. The number of barbiturate groups is 1. The van der Waals surface area contributed by atoms with E-state index in [0.717, 1.165) is 22.0 Å². The quantitative estimate of drug-likeness (QED) is 0.434. The van der Waals surface area contributed by atoms with Crippen LogP contribution < -0.4 is 10.2 Å². The molecule has 0 spiro atoms. The lowest BCUT2D eigenvalue weighted by Crippen LogP contribution is -2.54. The summed E-state index contributed by atoms with van der Waals surface area (Å²) in [4.78, 5) is 38.9. The van der Waals surface area contributed by atoms with Gasteiger partial charge in [0.15, 0.2) is 0 Å². The normalized spacial score (nSPS) is 15.5. The summed E-state index contributed by atoms with van der Waals surface area (Å²) >= 11 is 3.33. The van der Waals surface area contributed by atoms with E-state index in [1.165, 1.54) is 6.08 Å². The second-order valence-corrected chi connectivity index (χ2v) is 8.03. The van der Waals surface area contributed by atoms with Crippen LogP contribution in [0.25, 0.3) is 11.8 Å². The maximum Gasteiger partial charge on any atom is 0.335 e. The second kappa shape index (κ2) is 7.88. The Morgan fingerprint density at radius 1 is 0.968 bits per heavy atom. The van der Waals surface area contributed by atoms with Crippen molar-refractivity contribution in [2.75, 3.05) is 4.90 Å². The van der Waals surface area contributed by atoms with E-state index in [1.54, 1.807) is 48.5 Å². The third kappa shape index (κ3) is 3.77. The highest BCUT2D eigenvalue weighted by molar-refractivity contribution is 9.10. The van der Waals surface area contributed by atoms with Crippen LogP contribution in [0.4, 0.5) is 10.5 Å². The van der Waals surface area contributed by atoms with E-state index >= 15 is 0 Å². The number of nitrogens with zero attached hydrogens (tertiary/aromatic N) is 2. The Morgan fingerprint density at radius 2 is 1.68 bits per heavy atom. The number of aromatic nitrogens is 1. The number of carbonyl (C=O) groups excluding carboxylic acids is 3. The maximum absolute atomic E-state index is 13.1. The Labute approximate surface area is 186 Å². The first-order valence-electron chi connectivity index (χ1n) is 9.41. The lowest BCUT2D eigenvalue weighted by Gasteiger charge is -2.26. The molecule has 1 aliphatic rings. The molecule has 0 unspecified atom stereocenters. The first-order chi connectivity index (χ1) is 14.8. The predicted molar refractivity (Wildman–Crippen MR) is 120 cm³/mol. The number of aromatic hydroxyl groups is 1. The van der Waals surface area contributed by atoms with Crippen LogP contribution in [0.3, 0.4) is 0 Å². The van der Waals surface area contributed by atoms with E-state index in [9.17, 15) is 19.5 Å². The molecular formula is C23H18BrN3O4. The van der Waals surface area contributed by atoms with Crippen LogP contribution in [0.2, 0.25) is 0 Å². The molecule has 0 bridgehead atoms. The van der Waals surface area contributed by atoms with Gasteiger partial charge in [-0.05, 0) is 74.0 Å². The molecule has 2 heterocycles. The van der Waals surface area contributed by atoms with Gasteiger partial charge in [0, 0.05) is 21.5 Å². The summed E-state index contributed by atoms with van der Waals surface area (Å²) in [7, 11) is 0. The molecule has 3 aromatic rings. The second-order valence-electron chi connectivity index (χ2n) is 7.12. The number of rotatable bonds is 3. The smallest absolute Gasteiger partial charge is 0.335 e. The van der Waals surface area contributed by atoms with Gasteiger partial charge in [-0.1, -0.05) is 22.0 Å². The van der Waals surface area contributed by atoms with Gasteiger partial charge in [0.25, 0.3) is 11.8 Å². The molecule has 1 saturated heterocycles. The molecule has 31 heavy (non-hydrogen) atoms. The molecule has 1 aliphatic heterocycles. The summed E-state index contributed by atoms with van der Waals surface area (Å²) in [5.41, 5.74) is 3.42. The Bertz CT molecular complexity index is 1260. The summed E-state index contributed by atoms with van der Waals surface area (Å²) in [6, 6.07) is 14.5. The van der Waals surface area contributed by atoms with E-state index in [0.29, 0.717) is 15.7 Å². The van der Waals surface area contributed by atoms with Crippen molar-refractivity contribution in [1.82, 2.24) is 9.88 Å². The standard InChI is InChI=1S/C23H18BrN3O4/c1-13-10-15(14(2)26(13)17-6-8-19(28)9-7-17)11-20-21(29)25-23(31)27(22(20)30)18-5-3-4-16(24)12-18/h3-12,28H,1-2H3,(H,25,29,31)/b20-11+. The number of aryl methyl sites for hydroxylation is 1. The molecular weight excluding hydrogens is 462 g/mol. The number of hydrogen-bond donors (Lipinski definition) is 2. The first-order valence-corrected chi connectivity index (χ1v) is 10.2.